The number of nitriles is 1. The molecule has 0 aromatic carbocycles. The normalized spacial score (nSPS) is 9.50. The molecule has 0 unspecified atom stereocenters. The van der Waals surface area contributed by atoms with Crippen LogP contribution in [0.2, 0.25) is 0 Å². The van der Waals surface area contributed by atoms with E-state index in [1.165, 1.54) is 0 Å². The number of primary amides is 1. The van der Waals surface area contributed by atoms with E-state index in [1.807, 2.05) is 19.2 Å². The fraction of sp³-hybridized carbons (Fsp3) is 0.625. The molecule has 0 aliphatic rings. The second kappa shape index (κ2) is 7.33. The van der Waals surface area contributed by atoms with Gasteiger partial charge < -0.3 is 5.73 Å². The number of nitrogens with one attached hydrogen (secondary N) is 1. The Bertz CT molecular complexity index is 224. The molecule has 0 spiro atoms. The van der Waals surface area contributed by atoms with E-state index in [2.05, 4.69) is 22.5 Å². The molecule has 3 amide bonds. The zero-order valence-electron chi connectivity index (χ0n) is 8.21. The average molecular weight is 264 g/mol. The Labute approximate surface area is 91.8 Å². The number of amides is 3. The molecule has 80 valence electrons. The van der Waals surface area contributed by atoms with E-state index < -0.39 is 10.4 Å². The highest BCUT2D eigenvalue weighted by molar-refractivity contribution is 9.10. The number of halogens is 1. The minimum atomic E-state index is -0.814. The van der Waals surface area contributed by atoms with Crippen molar-refractivity contribution < 1.29 is 9.59 Å². The second-order valence-corrected chi connectivity index (χ2v) is 4.01. The van der Waals surface area contributed by atoms with Gasteiger partial charge in [-0.2, -0.15) is 0 Å². The van der Waals surface area contributed by atoms with Crippen molar-refractivity contribution in [2.45, 2.75) is 31.0 Å². The fourth-order valence-electron chi connectivity index (χ4n) is 0.795. The van der Waals surface area contributed by atoms with Crippen molar-refractivity contribution in [3.05, 3.63) is 0 Å². The summed E-state index contributed by atoms with van der Waals surface area (Å²) in [6.07, 6.45) is 1.23. The van der Waals surface area contributed by atoms with E-state index >= 15 is 0 Å². The molecule has 0 fully saturated rings. The SMILES string of the molecule is C#N.CCC(Br)(CC)C(=O)NC(N)=O. The van der Waals surface area contributed by atoms with Crippen molar-refractivity contribution in [1.82, 2.24) is 5.32 Å². The summed E-state index contributed by atoms with van der Waals surface area (Å²) in [7, 11) is 0. The number of nitrogens with zero attached hydrogens (tertiary/aromatic N) is 1. The molecule has 0 saturated carbocycles. The van der Waals surface area contributed by atoms with Crippen LogP contribution in [0, 0.1) is 11.8 Å². The molecule has 0 heterocycles. The summed E-state index contributed by atoms with van der Waals surface area (Å²) in [6.45, 7) is 7.22. The first-order valence-corrected chi connectivity index (χ1v) is 4.81. The van der Waals surface area contributed by atoms with Gasteiger partial charge in [0.05, 0.1) is 0 Å². The zero-order valence-corrected chi connectivity index (χ0v) is 9.80. The summed E-state index contributed by atoms with van der Waals surface area (Å²) in [4.78, 5) is 21.6. The van der Waals surface area contributed by atoms with Gasteiger partial charge in [-0.15, -0.1) is 0 Å². The maximum atomic E-state index is 11.3. The summed E-state index contributed by atoms with van der Waals surface area (Å²) >= 11 is 3.26. The first-order chi connectivity index (χ1) is 6.46. The van der Waals surface area contributed by atoms with Crippen molar-refractivity contribution in [2.75, 3.05) is 0 Å². The Morgan fingerprint density at radius 3 is 2.00 bits per heavy atom. The maximum absolute atomic E-state index is 11.3. The lowest BCUT2D eigenvalue weighted by Gasteiger charge is -2.21. The van der Waals surface area contributed by atoms with Crippen molar-refractivity contribution in [1.29, 1.82) is 5.26 Å². The summed E-state index contributed by atoms with van der Waals surface area (Å²) in [5.41, 5.74) is 4.81. The zero-order chi connectivity index (χ0) is 11.8. The first-order valence-electron chi connectivity index (χ1n) is 4.02. The van der Waals surface area contributed by atoms with Gasteiger partial charge in [0.1, 0.15) is 4.32 Å². The molecule has 0 bridgehead atoms. The van der Waals surface area contributed by atoms with Gasteiger partial charge in [-0.3, -0.25) is 10.1 Å². The average Bonchev–Trinajstić information content (AvgIpc) is 2.18. The Balaban J connectivity index is 0. The van der Waals surface area contributed by atoms with Gasteiger partial charge in [-0.25, -0.2) is 10.1 Å². The smallest absolute Gasteiger partial charge is 0.318 e. The van der Waals surface area contributed by atoms with Gasteiger partial charge in [0, 0.05) is 6.57 Å². The van der Waals surface area contributed by atoms with Crippen LogP contribution < -0.4 is 11.1 Å². The third-order valence-electron chi connectivity index (χ3n) is 1.76. The quantitative estimate of drug-likeness (QED) is 0.751. The highest BCUT2D eigenvalue weighted by Gasteiger charge is 2.32. The lowest BCUT2D eigenvalue weighted by molar-refractivity contribution is -0.122. The van der Waals surface area contributed by atoms with Crippen molar-refractivity contribution in [3.63, 3.8) is 0 Å². The summed E-state index contributed by atoms with van der Waals surface area (Å²) in [5.74, 6) is -0.375. The molecule has 0 aliphatic carbocycles. The molecule has 3 N–H and O–H groups in total. The molecule has 6 heteroatoms. The first kappa shape index (κ1) is 15.4. The van der Waals surface area contributed by atoms with Gasteiger partial charge in [0.25, 0.3) is 0 Å². The van der Waals surface area contributed by atoms with Crippen LogP contribution in [0.25, 0.3) is 0 Å². The second-order valence-electron chi connectivity index (χ2n) is 2.49. The predicted molar refractivity (Wildman–Crippen MR) is 56.6 cm³/mol. The largest absolute Gasteiger partial charge is 0.351 e. The van der Waals surface area contributed by atoms with E-state index in [0.29, 0.717) is 12.8 Å². The van der Waals surface area contributed by atoms with Crippen molar-refractivity contribution in [3.8, 4) is 6.57 Å². The highest BCUT2D eigenvalue weighted by atomic mass is 79.9. The van der Waals surface area contributed by atoms with Gasteiger partial charge in [0.2, 0.25) is 5.91 Å². The van der Waals surface area contributed by atoms with E-state index in [-0.39, 0.29) is 5.91 Å². The number of hydrogen-bond acceptors (Lipinski definition) is 3. The molecule has 0 aromatic rings. The number of nitrogens with two attached hydrogens (primary N) is 1. The van der Waals surface area contributed by atoms with Crippen LogP contribution in [0.1, 0.15) is 26.7 Å². The van der Waals surface area contributed by atoms with Crippen LogP contribution in [0.4, 0.5) is 4.79 Å². The van der Waals surface area contributed by atoms with Crippen molar-refractivity contribution >= 4 is 27.9 Å². The lowest BCUT2D eigenvalue weighted by Crippen LogP contribution is -2.46. The Morgan fingerprint density at radius 1 is 1.43 bits per heavy atom. The molecule has 14 heavy (non-hydrogen) atoms. The number of hydrogen-bond donors (Lipinski definition) is 2. The Kier molecular flexibility index (Phi) is 8.05. The van der Waals surface area contributed by atoms with E-state index in [9.17, 15) is 9.59 Å². The molecule has 0 rings (SSSR count). The highest BCUT2D eigenvalue weighted by Crippen LogP contribution is 2.26. The number of imide groups is 1. The molecule has 0 radical (unpaired) electrons. The van der Waals surface area contributed by atoms with Gasteiger partial charge in [-0.1, -0.05) is 29.8 Å². The van der Waals surface area contributed by atoms with Crippen LogP contribution in [0.3, 0.4) is 0 Å². The van der Waals surface area contributed by atoms with Gasteiger partial charge in [-0.05, 0) is 12.8 Å². The predicted octanol–water partition coefficient (Wildman–Crippen LogP) is 1.27. The third-order valence-corrected chi connectivity index (χ3v) is 3.25. The fourth-order valence-corrected chi connectivity index (χ4v) is 0.894. The van der Waals surface area contributed by atoms with E-state index in [1.54, 1.807) is 0 Å². The van der Waals surface area contributed by atoms with Crippen LogP contribution in [0.5, 0.6) is 0 Å². The van der Waals surface area contributed by atoms with E-state index in [4.69, 9.17) is 11.0 Å². The third kappa shape index (κ3) is 4.82. The Hall–Kier alpha value is -1.09. The number of urea groups is 1. The molecule has 0 atom stereocenters. The summed E-state index contributed by atoms with van der Waals surface area (Å²) < 4.78 is -0.665. The number of carbonyl (C=O) groups excluding carboxylic acids is 2. The lowest BCUT2D eigenvalue weighted by atomic mass is 10.0. The topological polar surface area (TPSA) is 96.0 Å². The minimum Gasteiger partial charge on any atom is -0.351 e. The molecule has 0 aliphatic heterocycles. The van der Waals surface area contributed by atoms with Crippen molar-refractivity contribution in [2.24, 2.45) is 5.73 Å². The van der Waals surface area contributed by atoms with Crippen LogP contribution in [0.15, 0.2) is 0 Å². The Morgan fingerprint density at radius 2 is 1.79 bits per heavy atom. The molecular formula is C8H14BrN3O2. The molecule has 0 saturated heterocycles. The molecular weight excluding hydrogens is 250 g/mol. The van der Waals surface area contributed by atoms with Crippen LogP contribution in [-0.4, -0.2) is 16.3 Å². The monoisotopic (exact) mass is 263 g/mol. The van der Waals surface area contributed by atoms with E-state index in [0.717, 1.165) is 0 Å². The summed E-state index contributed by atoms with van der Waals surface area (Å²) in [5, 5.41) is 8.54. The maximum Gasteiger partial charge on any atom is 0.318 e. The minimum absolute atomic E-state index is 0.375. The molecule has 0 aromatic heterocycles. The van der Waals surface area contributed by atoms with Gasteiger partial charge in [0.15, 0.2) is 0 Å². The number of rotatable bonds is 3. The van der Waals surface area contributed by atoms with Crippen LogP contribution >= 0.6 is 15.9 Å². The number of carbonyl (C=O) groups is 2. The standard InChI is InChI=1S/C7H13BrN2O2.CHN/c1-3-7(8,4-2)5(11)10-6(9)12;1-2/h3-4H2,1-2H3,(H3,9,10,11,12);1H. The summed E-state index contributed by atoms with van der Waals surface area (Å²) in [6, 6.07) is -0.814. The number of alkyl halides is 1. The van der Waals surface area contributed by atoms with Crippen LogP contribution in [-0.2, 0) is 4.79 Å². The molecule has 5 nitrogen and oxygen atoms in total. The van der Waals surface area contributed by atoms with Gasteiger partial charge >= 0.3 is 6.03 Å².